The van der Waals surface area contributed by atoms with Gasteiger partial charge < -0.3 is 20.1 Å². The van der Waals surface area contributed by atoms with E-state index in [0.29, 0.717) is 17.1 Å². The number of carbonyl (C=O) groups excluding carboxylic acids is 2. The van der Waals surface area contributed by atoms with Crippen LogP contribution in [-0.2, 0) is 9.59 Å². The molecular weight excluding hydrogens is 307 g/mol. The second-order valence-electron chi connectivity index (χ2n) is 3.95. The SMILES string of the molecule is O=C(CCl)NC(NC(=O)CCl)c1ccc2c(c1)OCO2. The Morgan fingerprint density at radius 3 is 2.30 bits per heavy atom. The van der Waals surface area contributed by atoms with Crippen LogP contribution in [0.25, 0.3) is 0 Å². The molecule has 0 saturated heterocycles. The summed E-state index contributed by atoms with van der Waals surface area (Å²) >= 11 is 10.9. The summed E-state index contributed by atoms with van der Waals surface area (Å²) in [4.78, 5) is 22.8. The topological polar surface area (TPSA) is 76.7 Å². The normalized spacial score (nSPS) is 12.3. The summed E-state index contributed by atoms with van der Waals surface area (Å²) in [5, 5.41) is 5.16. The maximum atomic E-state index is 11.4. The maximum Gasteiger partial charge on any atom is 0.236 e. The lowest BCUT2D eigenvalue weighted by molar-refractivity contribution is -0.122. The summed E-state index contributed by atoms with van der Waals surface area (Å²) in [7, 11) is 0. The molecule has 8 heteroatoms. The molecule has 0 radical (unpaired) electrons. The molecule has 2 rings (SSSR count). The number of hydrogen-bond donors (Lipinski definition) is 2. The van der Waals surface area contributed by atoms with Crippen LogP contribution < -0.4 is 20.1 Å². The number of ether oxygens (including phenoxy) is 2. The van der Waals surface area contributed by atoms with Crippen molar-refractivity contribution >= 4 is 35.0 Å². The molecule has 0 aromatic heterocycles. The van der Waals surface area contributed by atoms with Crippen LogP contribution in [0, 0.1) is 0 Å². The van der Waals surface area contributed by atoms with Crippen molar-refractivity contribution in [3.63, 3.8) is 0 Å². The van der Waals surface area contributed by atoms with E-state index in [4.69, 9.17) is 32.7 Å². The van der Waals surface area contributed by atoms with Gasteiger partial charge in [0.25, 0.3) is 0 Å². The lowest BCUT2D eigenvalue weighted by Gasteiger charge is -2.20. The number of nitrogens with one attached hydrogen (secondary N) is 2. The van der Waals surface area contributed by atoms with Crippen LogP contribution in [0.4, 0.5) is 0 Å². The Bertz CT molecular complexity index is 506. The zero-order valence-corrected chi connectivity index (χ0v) is 11.8. The first-order chi connectivity index (χ1) is 9.63. The van der Waals surface area contributed by atoms with Gasteiger partial charge in [0.15, 0.2) is 11.5 Å². The van der Waals surface area contributed by atoms with E-state index in [1.54, 1.807) is 18.2 Å². The van der Waals surface area contributed by atoms with Gasteiger partial charge in [-0.25, -0.2) is 0 Å². The fourth-order valence-corrected chi connectivity index (χ4v) is 1.85. The van der Waals surface area contributed by atoms with Gasteiger partial charge in [-0.15, -0.1) is 23.2 Å². The average molecular weight is 319 g/mol. The summed E-state index contributed by atoms with van der Waals surface area (Å²) < 4.78 is 10.5. The average Bonchev–Trinajstić information content (AvgIpc) is 2.93. The summed E-state index contributed by atoms with van der Waals surface area (Å²) in [5.74, 6) is -0.0868. The smallest absolute Gasteiger partial charge is 0.236 e. The molecule has 1 aliphatic heterocycles. The molecular formula is C12H12Cl2N2O4. The predicted octanol–water partition coefficient (Wildman–Crippen LogP) is 1.12. The van der Waals surface area contributed by atoms with Gasteiger partial charge >= 0.3 is 0 Å². The van der Waals surface area contributed by atoms with E-state index in [0.717, 1.165) is 0 Å². The minimum absolute atomic E-state index is 0.144. The molecule has 2 N–H and O–H groups in total. The van der Waals surface area contributed by atoms with Crippen molar-refractivity contribution < 1.29 is 19.1 Å². The number of rotatable bonds is 5. The number of alkyl halides is 2. The lowest BCUT2D eigenvalue weighted by atomic mass is 10.1. The Hall–Kier alpha value is -1.66. The van der Waals surface area contributed by atoms with Crippen molar-refractivity contribution in [2.45, 2.75) is 6.17 Å². The quantitative estimate of drug-likeness (QED) is 0.630. The van der Waals surface area contributed by atoms with Crippen LogP contribution >= 0.6 is 23.2 Å². The van der Waals surface area contributed by atoms with Gasteiger partial charge in [0.2, 0.25) is 18.6 Å². The second kappa shape index (κ2) is 6.67. The minimum Gasteiger partial charge on any atom is -0.454 e. The summed E-state index contributed by atoms with van der Waals surface area (Å²) in [5.41, 5.74) is 0.631. The molecule has 0 aliphatic carbocycles. The number of fused-ring (bicyclic) bond motifs is 1. The molecule has 0 spiro atoms. The van der Waals surface area contributed by atoms with Crippen molar-refractivity contribution in [3.8, 4) is 11.5 Å². The number of benzene rings is 1. The van der Waals surface area contributed by atoms with E-state index >= 15 is 0 Å². The number of amides is 2. The van der Waals surface area contributed by atoms with E-state index in [9.17, 15) is 9.59 Å². The van der Waals surface area contributed by atoms with E-state index < -0.39 is 18.0 Å². The molecule has 0 atom stereocenters. The van der Waals surface area contributed by atoms with Gasteiger partial charge in [-0.1, -0.05) is 6.07 Å². The van der Waals surface area contributed by atoms with E-state index in [2.05, 4.69) is 10.6 Å². The molecule has 20 heavy (non-hydrogen) atoms. The van der Waals surface area contributed by atoms with Crippen LogP contribution in [0.1, 0.15) is 11.7 Å². The van der Waals surface area contributed by atoms with Gasteiger partial charge in [0.05, 0.1) is 0 Å². The zero-order valence-electron chi connectivity index (χ0n) is 10.3. The first-order valence-electron chi connectivity index (χ1n) is 5.74. The van der Waals surface area contributed by atoms with Gasteiger partial charge in [-0.05, 0) is 17.7 Å². The highest BCUT2D eigenvalue weighted by Gasteiger charge is 2.20. The summed E-state index contributed by atoms with van der Waals surface area (Å²) in [6.07, 6.45) is -0.734. The monoisotopic (exact) mass is 318 g/mol. The van der Waals surface area contributed by atoms with Crippen molar-refractivity contribution in [2.75, 3.05) is 18.6 Å². The summed E-state index contributed by atoms with van der Waals surface area (Å²) in [6, 6.07) is 5.08. The van der Waals surface area contributed by atoms with Crippen molar-refractivity contribution in [1.82, 2.24) is 10.6 Å². The first-order valence-corrected chi connectivity index (χ1v) is 6.81. The molecule has 0 saturated carbocycles. The third kappa shape index (κ3) is 3.46. The molecule has 1 heterocycles. The molecule has 0 bridgehead atoms. The Morgan fingerprint density at radius 2 is 1.70 bits per heavy atom. The highest BCUT2D eigenvalue weighted by Crippen LogP contribution is 2.33. The van der Waals surface area contributed by atoms with Crippen LogP contribution in [0.15, 0.2) is 18.2 Å². The van der Waals surface area contributed by atoms with Crippen LogP contribution in [0.5, 0.6) is 11.5 Å². The molecule has 2 amide bonds. The molecule has 1 aromatic rings. The molecule has 0 unspecified atom stereocenters. The van der Waals surface area contributed by atoms with Crippen molar-refractivity contribution in [2.24, 2.45) is 0 Å². The van der Waals surface area contributed by atoms with E-state index in [-0.39, 0.29) is 18.6 Å². The molecule has 108 valence electrons. The minimum atomic E-state index is -0.734. The highest BCUT2D eigenvalue weighted by atomic mass is 35.5. The largest absolute Gasteiger partial charge is 0.454 e. The van der Waals surface area contributed by atoms with Crippen molar-refractivity contribution in [1.29, 1.82) is 0 Å². The van der Waals surface area contributed by atoms with Crippen LogP contribution in [-0.4, -0.2) is 30.4 Å². The predicted molar refractivity (Wildman–Crippen MR) is 73.0 cm³/mol. The lowest BCUT2D eigenvalue weighted by Crippen LogP contribution is -2.42. The van der Waals surface area contributed by atoms with Gasteiger partial charge in [-0.3, -0.25) is 9.59 Å². The zero-order chi connectivity index (χ0) is 14.5. The Kier molecular flexibility index (Phi) is 4.92. The fraction of sp³-hybridized carbons (Fsp3) is 0.333. The Balaban J connectivity index is 2.20. The van der Waals surface area contributed by atoms with E-state index in [1.165, 1.54) is 0 Å². The Morgan fingerprint density at radius 1 is 1.10 bits per heavy atom. The van der Waals surface area contributed by atoms with Gasteiger partial charge in [0, 0.05) is 0 Å². The second-order valence-corrected chi connectivity index (χ2v) is 4.48. The van der Waals surface area contributed by atoms with Crippen LogP contribution in [0.2, 0.25) is 0 Å². The summed E-state index contributed by atoms with van der Waals surface area (Å²) in [6.45, 7) is 0.144. The third-order valence-corrected chi connectivity index (χ3v) is 3.07. The molecule has 1 aromatic carbocycles. The van der Waals surface area contributed by atoms with Gasteiger partial charge in [0.1, 0.15) is 17.9 Å². The number of carbonyl (C=O) groups is 2. The van der Waals surface area contributed by atoms with Gasteiger partial charge in [-0.2, -0.15) is 0 Å². The number of halogens is 2. The maximum absolute atomic E-state index is 11.4. The molecule has 1 aliphatic rings. The standard InChI is InChI=1S/C12H12Cl2N2O4/c13-4-10(17)15-12(16-11(18)5-14)7-1-2-8-9(3-7)20-6-19-8/h1-3,12H,4-6H2,(H,15,17)(H,16,18). The third-order valence-electron chi connectivity index (χ3n) is 2.58. The first kappa shape index (κ1) is 14.7. The highest BCUT2D eigenvalue weighted by molar-refractivity contribution is 6.27. The fourth-order valence-electron chi connectivity index (χ4n) is 1.69. The number of hydrogen-bond acceptors (Lipinski definition) is 4. The van der Waals surface area contributed by atoms with E-state index in [1.807, 2.05) is 0 Å². The Labute approximate surface area is 125 Å². The molecule has 6 nitrogen and oxygen atoms in total. The van der Waals surface area contributed by atoms with Crippen LogP contribution in [0.3, 0.4) is 0 Å². The van der Waals surface area contributed by atoms with Crippen molar-refractivity contribution in [3.05, 3.63) is 23.8 Å². The molecule has 0 fully saturated rings.